The lowest BCUT2D eigenvalue weighted by molar-refractivity contribution is -0.130. The van der Waals surface area contributed by atoms with E-state index < -0.39 is 5.97 Å². The molecule has 2 saturated carbocycles. The van der Waals surface area contributed by atoms with Gasteiger partial charge in [0.05, 0.1) is 11.7 Å². The summed E-state index contributed by atoms with van der Waals surface area (Å²) in [7, 11) is 0. The van der Waals surface area contributed by atoms with Gasteiger partial charge in [-0.25, -0.2) is 4.79 Å². The molecule has 3 aliphatic rings. The lowest BCUT2D eigenvalue weighted by Gasteiger charge is -2.57. The van der Waals surface area contributed by atoms with Crippen LogP contribution in [-0.2, 0) is 11.3 Å². The van der Waals surface area contributed by atoms with Gasteiger partial charge in [0.2, 0.25) is 0 Å². The summed E-state index contributed by atoms with van der Waals surface area (Å²) in [6.07, 6.45) is 6.83. The Morgan fingerprint density at radius 1 is 1.36 bits per heavy atom. The number of carboxylic acids is 1. The molecule has 22 heavy (non-hydrogen) atoms. The quantitative estimate of drug-likeness (QED) is 0.898. The van der Waals surface area contributed by atoms with Gasteiger partial charge in [-0.05, 0) is 37.0 Å². The highest BCUT2D eigenvalue weighted by atomic mass is 16.5. The molecule has 0 aromatic heterocycles. The van der Waals surface area contributed by atoms with Gasteiger partial charge in [0.15, 0.2) is 0 Å². The SMILES string of the molecule is O=C(O)c1cccc(CNC2C3CCOC3C23CCCC3)c1. The summed E-state index contributed by atoms with van der Waals surface area (Å²) in [6.45, 7) is 1.65. The van der Waals surface area contributed by atoms with Gasteiger partial charge in [-0.1, -0.05) is 25.0 Å². The Kier molecular flexibility index (Phi) is 3.46. The number of nitrogens with one attached hydrogen (secondary N) is 1. The van der Waals surface area contributed by atoms with E-state index in [1.165, 1.54) is 32.1 Å². The third-order valence-electron chi connectivity index (χ3n) is 5.99. The zero-order valence-corrected chi connectivity index (χ0v) is 12.8. The molecule has 1 spiro atoms. The van der Waals surface area contributed by atoms with E-state index >= 15 is 0 Å². The minimum atomic E-state index is -0.859. The van der Waals surface area contributed by atoms with E-state index in [9.17, 15) is 4.79 Å². The van der Waals surface area contributed by atoms with Crippen molar-refractivity contribution >= 4 is 5.97 Å². The number of ether oxygens (including phenoxy) is 1. The van der Waals surface area contributed by atoms with Crippen molar-refractivity contribution in [1.29, 1.82) is 0 Å². The van der Waals surface area contributed by atoms with Crippen LogP contribution in [-0.4, -0.2) is 29.8 Å². The summed E-state index contributed by atoms with van der Waals surface area (Å²) in [5.41, 5.74) is 1.77. The number of hydrogen-bond donors (Lipinski definition) is 2. The zero-order chi connectivity index (χ0) is 15.2. The van der Waals surface area contributed by atoms with Crippen molar-refractivity contribution in [1.82, 2.24) is 5.32 Å². The first-order valence-electron chi connectivity index (χ1n) is 8.38. The lowest BCUT2D eigenvalue weighted by atomic mass is 9.54. The molecule has 3 fully saturated rings. The third kappa shape index (κ3) is 2.09. The average Bonchev–Trinajstić information content (AvgIpc) is 3.15. The van der Waals surface area contributed by atoms with Crippen LogP contribution in [0.25, 0.3) is 0 Å². The second-order valence-electron chi connectivity index (χ2n) is 7.05. The second kappa shape index (κ2) is 5.36. The summed E-state index contributed by atoms with van der Waals surface area (Å²) < 4.78 is 6.00. The fourth-order valence-corrected chi connectivity index (χ4v) is 5.05. The summed E-state index contributed by atoms with van der Waals surface area (Å²) in [4.78, 5) is 11.1. The Hall–Kier alpha value is -1.39. The molecule has 1 heterocycles. The van der Waals surface area contributed by atoms with Crippen LogP contribution in [0.1, 0.15) is 48.0 Å². The smallest absolute Gasteiger partial charge is 0.335 e. The van der Waals surface area contributed by atoms with E-state index in [1.54, 1.807) is 12.1 Å². The van der Waals surface area contributed by atoms with Crippen molar-refractivity contribution in [3.05, 3.63) is 35.4 Å². The molecular formula is C18H23NO3. The molecule has 2 N–H and O–H groups in total. The Balaban J connectivity index is 1.47. The number of benzene rings is 1. The molecule has 0 radical (unpaired) electrons. The van der Waals surface area contributed by atoms with E-state index in [2.05, 4.69) is 5.32 Å². The first kappa shape index (κ1) is 14.2. The van der Waals surface area contributed by atoms with Crippen molar-refractivity contribution in [2.75, 3.05) is 6.61 Å². The van der Waals surface area contributed by atoms with Crippen LogP contribution in [0.4, 0.5) is 0 Å². The van der Waals surface area contributed by atoms with Crippen molar-refractivity contribution in [2.24, 2.45) is 11.3 Å². The molecule has 0 amide bonds. The fourth-order valence-electron chi connectivity index (χ4n) is 5.05. The first-order chi connectivity index (χ1) is 10.7. The van der Waals surface area contributed by atoms with Crippen LogP contribution in [0.5, 0.6) is 0 Å². The third-order valence-corrected chi connectivity index (χ3v) is 5.99. The number of carbonyl (C=O) groups is 1. The molecule has 4 heteroatoms. The van der Waals surface area contributed by atoms with Gasteiger partial charge in [-0.15, -0.1) is 0 Å². The highest BCUT2D eigenvalue weighted by molar-refractivity contribution is 5.87. The van der Waals surface area contributed by atoms with Crippen LogP contribution >= 0.6 is 0 Å². The first-order valence-corrected chi connectivity index (χ1v) is 8.38. The molecule has 1 aliphatic heterocycles. The molecule has 0 bridgehead atoms. The molecule has 1 aromatic rings. The van der Waals surface area contributed by atoms with Gasteiger partial charge in [-0.2, -0.15) is 0 Å². The Bertz CT molecular complexity index is 579. The van der Waals surface area contributed by atoms with Gasteiger partial charge in [0.25, 0.3) is 0 Å². The number of carboxylic acid groups (broad SMARTS) is 1. The zero-order valence-electron chi connectivity index (χ0n) is 12.8. The molecule has 3 unspecified atom stereocenters. The predicted octanol–water partition coefficient (Wildman–Crippen LogP) is 2.82. The number of fused-ring (bicyclic) bond motifs is 2. The van der Waals surface area contributed by atoms with Crippen LogP contribution in [0.3, 0.4) is 0 Å². The van der Waals surface area contributed by atoms with E-state index in [0.717, 1.165) is 18.7 Å². The summed E-state index contributed by atoms with van der Waals surface area (Å²) in [5.74, 6) is -0.206. The average molecular weight is 301 g/mol. The highest BCUT2D eigenvalue weighted by Crippen LogP contribution is 2.60. The van der Waals surface area contributed by atoms with Crippen molar-refractivity contribution < 1.29 is 14.6 Å². The highest BCUT2D eigenvalue weighted by Gasteiger charge is 2.64. The molecule has 2 aliphatic carbocycles. The Labute approximate surface area is 130 Å². The molecular weight excluding hydrogens is 278 g/mol. The second-order valence-corrected chi connectivity index (χ2v) is 7.05. The van der Waals surface area contributed by atoms with Crippen LogP contribution in [0, 0.1) is 11.3 Å². The van der Waals surface area contributed by atoms with Crippen molar-refractivity contribution in [2.45, 2.75) is 50.8 Å². The largest absolute Gasteiger partial charge is 0.478 e. The van der Waals surface area contributed by atoms with Crippen molar-refractivity contribution in [3.8, 4) is 0 Å². The molecule has 1 saturated heterocycles. The minimum Gasteiger partial charge on any atom is -0.478 e. The summed E-state index contributed by atoms with van der Waals surface area (Å²) in [5, 5.41) is 12.8. The monoisotopic (exact) mass is 301 g/mol. The van der Waals surface area contributed by atoms with Crippen molar-refractivity contribution in [3.63, 3.8) is 0 Å². The molecule has 4 nitrogen and oxygen atoms in total. The van der Waals surface area contributed by atoms with Gasteiger partial charge in [-0.3, -0.25) is 0 Å². The normalized spacial score (nSPS) is 31.9. The summed E-state index contributed by atoms with van der Waals surface area (Å²) >= 11 is 0. The Morgan fingerprint density at radius 2 is 2.18 bits per heavy atom. The van der Waals surface area contributed by atoms with Crippen LogP contribution in [0.2, 0.25) is 0 Å². The number of aromatic carboxylic acids is 1. The molecule has 1 aromatic carbocycles. The molecule has 118 valence electrons. The Morgan fingerprint density at radius 3 is 2.95 bits per heavy atom. The summed E-state index contributed by atoms with van der Waals surface area (Å²) in [6, 6.07) is 7.79. The van der Waals surface area contributed by atoms with Crippen LogP contribution in [0.15, 0.2) is 24.3 Å². The van der Waals surface area contributed by atoms with Gasteiger partial charge in [0, 0.05) is 30.5 Å². The predicted molar refractivity (Wildman–Crippen MR) is 82.8 cm³/mol. The maximum Gasteiger partial charge on any atom is 0.335 e. The number of rotatable bonds is 4. The lowest BCUT2D eigenvalue weighted by Crippen LogP contribution is -2.67. The van der Waals surface area contributed by atoms with E-state index in [4.69, 9.17) is 9.84 Å². The van der Waals surface area contributed by atoms with E-state index in [1.807, 2.05) is 12.1 Å². The minimum absolute atomic E-state index is 0.353. The molecule has 4 rings (SSSR count). The van der Waals surface area contributed by atoms with Crippen LogP contribution < -0.4 is 5.32 Å². The topological polar surface area (TPSA) is 58.6 Å². The maximum absolute atomic E-state index is 11.1. The maximum atomic E-state index is 11.1. The van der Waals surface area contributed by atoms with E-state index in [0.29, 0.717) is 29.0 Å². The van der Waals surface area contributed by atoms with Gasteiger partial charge >= 0.3 is 5.97 Å². The standard InChI is InChI=1S/C18H23NO3/c20-17(21)13-5-3-4-12(10-13)11-19-15-14-6-9-22-16(14)18(15)7-1-2-8-18/h3-5,10,14-16,19H,1-2,6-9,11H2,(H,20,21). The van der Waals surface area contributed by atoms with E-state index in [-0.39, 0.29) is 0 Å². The van der Waals surface area contributed by atoms with Gasteiger partial charge in [0.1, 0.15) is 0 Å². The molecule has 3 atom stereocenters. The number of hydrogen-bond acceptors (Lipinski definition) is 3. The fraction of sp³-hybridized carbons (Fsp3) is 0.611. The van der Waals surface area contributed by atoms with Gasteiger partial charge < -0.3 is 15.2 Å².